The second kappa shape index (κ2) is 5.09. The quantitative estimate of drug-likeness (QED) is 0.781. The number of phenolic OH excluding ortho intramolecular Hbond substituents is 1. The average molecular weight is 279 g/mol. The predicted octanol–water partition coefficient (Wildman–Crippen LogP) is 3.37. The number of rotatable bonds is 2. The summed E-state index contributed by atoms with van der Waals surface area (Å²) in [5, 5.41) is 10.9. The maximum absolute atomic E-state index is 12.4. The third-order valence-corrected chi connectivity index (χ3v) is 3.72. The van der Waals surface area contributed by atoms with Crippen molar-refractivity contribution in [2.24, 2.45) is 0 Å². The second-order valence-electron chi connectivity index (χ2n) is 5.42. The molecule has 3 aromatic rings. The van der Waals surface area contributed by atoms with Crippen LogP contribution in [0.15, 0.2) is 53.3 Å². The molecule has 0 unspecified atom stereocenters. The number of aromatic nitrogens is 1. The molecule has 3 heteroatoms. The van der Waals surface area contributed by atoms with Gasteiger partial charge in [-0.3, -0.25) is 4.79 Å². The Hall–Kier alpha value is -2.55. The molecule has 0 saturated carbocycles. The van der Waals surface area contributed by atoms with Gasteiger partial charge in [-0.25, -0.2) is 0 Å². The van der Waals surface area contributed by atoms with E-state index in [1.165, 1.54) is 0 Å². The molecular weight excluding hydrogens is 262 g/mol. The lowest BCUT2D eigenvalue weighted by molar-refractivity contribution is 0.480. The van der Waals surface area contributed by atoms with Crippen molar-refractivity contribution in [3.05, 3.63) is 75.6 Å². The lowest BCUT2D eigenvalue weighted by Gasteiger charge is -2.14. The van der Waals surface area contributed by atoms with Crippen LogP contribution in [0.3, 0.4) is 0 Å². The van der Waals surface area contributed by atoms with Crippen LogP contribution >= 0.6 is 0 Å². The first kappa shape index (κ1) is 13.4. The third kappa shape index (κ3) is 2.42. The SMILES string of the molecule is Cc1cc(O)c2c(C)cc(=O)n(Cc3ccccc3)c2c1. The number of hydrogen-bond acceptors (Lipinski definition) is 2. The standard InChI is InChI=1S/C18H17NO2/c1-12-8-15-18(16(20)9-12)13(2)10-17(21)19(15)11-14-6-4-3-5-7-14/h3-10,20H,11H2,1-2H3. The lowest BCUT2D eigenvalue weighted by atomic mass is 10.1. The number of benzene rings is 2. The van der Waals surface area contributed by atoms with Gasteiger partial charge in [0.15, 0.2) is 0 Å². The summed E-state index contributed by atoms with van der Waals surface area (Å²) in [5.74, 6) is 0.226. The number of pyridine rings is 1. The zero-order valence-electron chi connectivity index (χ0n) is 12.1. The van der Waals surface area contributed by atoms with Crippen LogP contribution in [-0.2, 0) is 6.54 Å². The molecule has 0 aliphatic carbocycles. The molecule has 3 rings (SSSR count). The largest absolute Gasteiger partial charge is 0.507 e. The highest BCUT2D eigenvalue weighted by Gasteiger charge is 2.11. The Morgan fingerprint density at radius 3 is 2.48 bits per heavy atom. The average Bonchev–Trinajstić information content (AvgIpc) is 2.43. The molecule has 0 bridgehead atoms. The fourth-order valence-electron chi connectivity index (χ4n) is 2.75. The highest BCUT2D eigenvalue weighted by Crippen LogP contribution is 2.28. The van der Waals surface area contributed by atoms with Crippen molar-refractivity contribution in [1.29, 1.82) is 0 Å². The van der Waals surface area contributed by atoms with E-state index in [0.717, 1.165) is 27.6 Å². The minimum Gasteiger partial charge on any atom is -0.507 e. The molecule has 0 radical (unpaired) electrons. The Bertz CT molecular complexity index is 864. The number of aryl methyl sites for hydroxylation is 2. The maximum atomic E-state index is 12.4. The van der Waals surface area contributed by atoms with E-state index in [1.807, 2.05) is 50.2 Å². The van der Waals surface area contributed by atoms with E-state index in [4.69, 9.17) is 0 Å². The Morgan fingerprint density at radius 1 is 1.05 bits per heavy atom. The highest BCUT2D eigenvalue weighted by atomic mass is 16.3. The Kier molecular flexibility index (Phi) is 3.26. The van der Waals surface area contributed by atoms with Crippen LogP contribution in [0.5, 0.6) is 5.75 Å². The summed E-state index contributed by atoms with van der Waals surface area (Å²) in [6.07, 6.45) is 0. The molecule has 2 aromatic carbocycles. The zero-order valence-corrected chi connectivity index (χ0v) is 12.1. The van der Waals surface area contributed by atoms with Crippen LogP contribution in [0.2, 0.25) is 0 Å². The summed E-state index contributed by atoms with van der Waals surface area (Å²) in [5.41, 5.74) is 3.53. The van der Waals surface area contributed by atoms with Gasteiger partial charge in [0.2, 0.25) is 0 Å². The van der Waals surface area contributed by atoms with Gasteiger partial charge in [-0.05, 0) is 42.7 Å². The minimum absolute atomic E-state index is 0.0474. The van der Waals surface area contributed by atoms with E-state index in [1.54, 1.807) is 16.7 Å². The fourth-order valence-corrected chi connectivity index (χ4v) is 2.75. The molecule has 0 aliphatic rings. The summed E-state index contributed by atoms with van der Waals surface area (Å²) >= 11 is 0. The second-order valence-corrected chi connectivity index (χ2v) is 5.42. The summed E-state index contributed by atoms with van der Waals surface area (Å²) in [6, 6.07) is 15.1. The summed E-state index contributed by atoms with van der Waals surface area (Å²) in [6.45, 7) is 4.27. The fraction of sp³-hybridized carbons (Fsp3) is 0.167. The van der Waals surface area contributed by atoms with Crippen LogP contribution in [-0.4, -0.2) is 9.67 Å². The first-order valence-electron chi connectivity index (χ1n) is 6.94. The van der Waals surface area contributed by atoms with Gasteiger partial charge in [-0.15, -0.1) is 0 Å². The van der Waals surface area contributed by atoms with Gasteiger partial charge in [-0.2, -0.15) is 0 Å². The summed E-state index contributed by atoms with van der Waals surface area (Å²) < 4.78 is 1.71. The third-order valence-electron chi connectivity index (χ3n) is 3.72. The van der Waals surface area contributed by atoms with Crippen LogP contribution in [0.25, 0.3) is 10.9 Å². The van der Waals surface area contributed by atoms with Gasteiger partial charge in [0.1, 0.15) is 5.75 Å². The van der Waals surface area contributed by atoms with Crippen molar-refractivity contribution in [2.75, 3.05) is 0 Å². The van der Waals surface area contributed by atoms with E-state index in [2.05, 4.69) is 0 Å². The molecule has 0 saturated heterocycles. The van der Waals surface area contributed by atoms with Crippen molar-refractivity contribution >= 4 is 10.9 Å². The van der Waals surface area contributed by atoms with Gasteiger partial charge < -0.3 is 9.67 Å². The van der Waals surface area contributed by atoms with Crippen molar-refractivity contribution in [3.63, 3.8) is 0 Å². The molecule has 0 amide bonds. The molecular formula is C18H17NO2. The van der Waals surface area contributed by atoms with E-state index >= 15 is 0 Å². The number of hydrogen-bond donors (Lipinski definition) is 1. The molecule has 0 aliphatic heterocycles. The van der Waals surface area contributed by atoms with E-state index < -0.39 is 0 Å². The first-order valence-corrected chi connectivity index (χ1v) is 6.94. The maximum Gasteiger partial charge on any atom is 0.251 e. The smallest absolute Gasteiger partial charge is 0.251 e. The van der Waals surface area contributed by atoms with Crippen LogP contribution in [0.4, 0.5) is 0 Å². The normalized spacial score (nSPS) is 11.0. The highest BCUT2D eigenvalue weighted by molar-refractivity contribution is 5.89. The number of fused-ring (bicyclic) bond motifs is 1. The van der Waals surface area contributed by atoms with E-state index in [9.17, 15) is 9.90 Å². The van der Waals surface area contributed by atoms with E-state index in [-0.39, 0.29) is 11.3 Å². The van der Waals surface area contributed by atoms with Crippen LogP contribution in [0.1, 0.15) is 16.7 Å². The summed E-state index contributed by atoms with van der Waals surface area (Å²) in [4.78, 5) is 12.4. The lowest BCUT2D eigenvalue weighted by Crippen LogP contribution is -2.21. The Morgan fingerprint density at radius 2 is 1.76 bits per heavy atom. The van der Waals surface area contributed by atoms with Gasteiger partial charge in [-0.1, -0.05) is 30.3 Å². The molecule has 0 atom stereocenters. The predicted molar refractivity (Wildman–Crippen MR) is 84.9 cm³/mol. The number of phenols is 1. The monoisotopic (exact) mass is 279 g/mol. The van der Waals surface area contributed by atoms with Crippen molar-refractivity contribution in [1.82, 2.24) is 4.57 Å². The van der Waals surface area contributed by atoms with E-state index in [0.29, 0.717) is 6.54 Å². The van der Waals surface area contributed by atoms with Crippen molar-refractivity contribution in [3.8, 4) is 5.75 Å². The molecule has 1 N–H and O–H groups in total. The van der Waals surface area contributed by atoms with Gasteiger partial charge in [0.25, 0.3) is 5.56 Å². The summed E-state index contributed by atoms with van der Waals surface area (Å²) in [7, 11) is 0. The Labute approximate surface area is 123 Å². The van der Waals surface area contributed by atoms with Gasteiger partial charge >= 0.3 is 0 Å². The first-order chi connectivity index (χ1) is 10.1. The molecule has 106 valence electrons. The molecule has 21 heavy (non-hydrogen) atoms. The molecule has 1 heterocycles. The number of nitrogens with zero attached hydrogens (tertiary/aromatic N) is 1. The zero-order chi connectivity index (χ0) is 15.0. The Balaban J connectivity index is 2.29. The van der Waals surface area contributed by atoms with Crippen LogP contribution < -0.4 is 5.56 Å². The van der Waals surface area contributed by atoms with Crippen molar-refractivity contribution in [2.45, 2.75) is 20.4 Å². The molecule has 0 spiro atoms. The number of aromatic hydroxyl groups is 1. The van der Waals surface area contributed by atoms with Crippen molar-refractivity contribution < 1.29 is 5.11 Å². The molecule has 1 aromatic heterocycles. The molecule has 0 fully saturated rings. The van der Waals surface area contributed by atoms with Gasteiger partial charge in [0, 0.05) is 11.5 Å². The van der Waals surface area contributed by atoms with Gasteiger partial charge in [0.05, 0.1) is 12.1 Å². The molecule has 3 nitrogen and oxygen atoms in total. The minimum atomic E-state index is -0.0474. The topological polar surface area (TPSA) is 42.2 Å². The van der Waals surface area contributed by atoms with Crippen LogP contribution in [0, 0.1) is 13.8 Å².